The van der Waals surface area contributed by atoms with Crippen LogP contribution in [-0.2, 0) is 14.3 Å². The van der Waals surface area contributed by atoms with Crippen molar-refractivity contribution in [3.8, 4) is 0 Å². The minimum Gasteiger partial charge on any atom is -0.466 e. The summed E-state index contributed by atoms with van der Waals surface area (Å²) in [5, 5.41) is 23.1. The highest BCUT2D eigenvalue weighted by atomic mass is 16.5. The lowest BCUT2D eigenvalue weighted by Crippen LogP contribution is -2.45. The molecule has 0 spiro atoms. The number of nitrogens with one attached hydrogen (secondary N) is 1. The molecule has 6 nitrogen and oxygen atoms in total. The van der Waals surface area contributed by atoms with E-state index < -0.39 is 12.1 Å². The van der Waals surface area contributed by atoms with Gasteiger partial charge in [0.2, 0.25) is 5.91 Å². The van der Waals surface area contributed by atoms with Gasteiger partial charge in [0, 0.05) is 12.8 Å². The van der Waals surface area contributed by atoms with Crippen LogP contribution in [0.2, 0.25) is 0 Å². The highest BCUT2D eigenvalue weighted by Crippen LogP contribution is 2.18. The highest BCUT2D eigenvalue weighted by Gasteiger charge is 2.18. The maximum atomic E-state index is 12.5. The summed E-state index contributed by atoms with van der Waals surface area (Å²) in [5.74, 6) is -0.0473. The van der Waals surface area contributed by atoms with E-state index in [9.17, 15) is 19.8 Å². The predicted octanol–water partition coefficient (Wildman–Crippen LogP) is 19.2. The third-order valence-electron chi connectivity index (χ3n) is 14.6. The molecule has 3 N–H and O–H groups in total. The Kier molecular flexibility index (Phi) is 57.0. The van der Waals surface area contributed by atoms with E-state index in [-0.39, 0.29) is 18.5 Å². The van der Waals surface area contributed by atoms with Crippen LogP contribution in [0.3, 0.4) is 0 Å². The molecule has 0 radical (unpaired) electrons. The normalized spacial score (nSPS) is 12.6. The zero-order valence-corrected chi connectivity index (χ0v) is 46.1. The molecule has 2 atom stereocenters. The molecule has 0 heterocycles. The summed E-state index contributed by atoms with van der Waals surface area (Å²) in [6.45, 7) is 4.92. The highest BCUT2D eigenvalue weighted by molar-refractivity contribution is 5.76. The van der Waals surface area contributed by atoms with E-state index in [1.54, 1.807) is 6.08 Å². The Hall–Kier alpha value is -1.40. The molecule has 0 aromatic heterocycles. The molecule has 0 aliphatic heterocycles. The van der Waals surface area contributed by atoms with Gasteiger partial charge in [0.05, 0.1) is 25.4 Å². The van der Waals surface area contributed by atoms with E-state index in [2.05, 4.69) is 19.2 Å². The third-order valence-corrected chi connectivity index (χ3v) is 14.6. The van der Waals surface area contributed by atoms with Crippen molar-refractivity contribution in [2.75, 3.05) is 13.2 Å². The molecule has 0 saturated carbocycles. The Labute approximate surface area is 425 Å². The van der Waals surface area contributed by atoms with E-state index in [1.807, 2.05) is 6.08 Å². The molecule has 68 heavy (non-hydrogen) atoms. The average molecular weight is 961 g/mol. The number of ether oxygens (including phenoxy) is 1. The van der Waals surface area contributed by atoms with Gasteiger partial charge in [-0.1, -0.05) is 315 Å². The number of aliphatic hydroxyl groups is 2. The largest absolute Gasteiger partial charge is 0.466 e. The van der Waals surface area contributed by atoms with Crippen molar-refractivity contribution < 1.29 is 24.5 Å². The van der Waals surface area contributed by atoms with E-state index in [0.717, 1.165) is 38.5 Å². The Morgan fingerprint density at radius 1 is 0.397 bits per heavy atom. The SMILES string of the molecule is CCCCCCCCCCCCCC/C=C/C(O)C(CO)NC(=O)CCCCCCCCCCCCCCCCCCCCCCCCCCCOC(=O)CCCCCCCCCCCCCC. The quantitative estimate of drug-likeness (QED) is 0.0321. The van der Waals surface area contributed by atoms with Gasteiger partial charge < -0.3 is 20.3 Å². The lowest BCUT2D eigenvalue weighted by molar-refractivity contribution is -0.143. The lowest BCUT2D eigenvalue weighted by atomic mass is 10.0. The minimum absolute atomic E-state index is 0.0171. The number of esters is 1. The molecule has 0 aromatic rings. The van der Waals surface area contributed by atoms with Crippen LogP contribution in [0.15, 0.2) is 12.2 Å². The van der Waals surface area contributed by atoms with Gasteiger partial charge in [-0.15, -0.1) is 0 Å². The first-order valence-electron chi connectivity index (χ1n) is 31.0. The second-order valence-electron chi connectivity index (χ2n) is 21.4. The molecule has 0 aliphatic carbocycles. The fraction of sp³-hybridized carbons (Fsp3) is 0.935. The van der Waals surface area contributed by atoms with Gasteiger partial charge in [-0.3, -0.25) is 9.59 Å². The van der Waals surface area contributed by atoms with Gasteiger partial charge in [-0.25, -0.2) is 0 Å². The second-order valence-corrected chi connectivity index (χ2v) is 21.4. The number of hydrogen-bond acceptors (Lipinski definition) is 5. The van der Waals surface area contributed by atoms with E-state index >= 15 is 0 Å². The van der Waals surface area contributed by atoms with Crippen LogP contribution in [-0.4, -0.2) is 47.4 Å². The number of carbonyl (C=O) groups is 2. The summed E-state index contributed by atoms with van der Waals surface area (Å²) in [5.41, 5.74) is 0. The molecule has 0 saturated heterocycles. The number of unbranched alkanes of at least 4 members (excludes halogenated alkanes) is 47. The summed E-state index contributed by atoms with van der Waals surface area (Å²) in [6.07, 6.45) is 69.7. The number of rotatable bonds is 58. The van der Waals surface area contributed by atoms with Crippen molar-refractivity contribution in [2.24, 2.45) is 0 Å². The summed E-state index contributed by atoms with van der Waals surface area (Å²) in [4.78, 5) is 24.5. The molecule has 0 bridgehead atoms. The van der Waals surface area contributed by atoms with Crippen molar-refractivity contribution in [3.63, 3.8) is 0 Å². The second kappa shape index (κ2) is 58.2. The zero-order valence-electron chi connectivity index (χ0n) is 46.1. The van der Waals surface area contributed by atoms with Crippen LogP contribution in [0.1, 0.15) is 348 Å². The summed E-state index contributed by atoms with van der Waals surface area (Å²) >= 11 is 0. The maximum absolute atomic E-state index is 12.5. The predicted molar refractivity (Wildman–Crippen MR) is 297 cm³/mol. The number of hydrogen-bond donors (Lipinski definition) is 3. The third kappa shape index (κ3) is 53.9. The van der Waals surface area contributed by atoms with Crippen molar-refractivity contribution in [2.45, 2.75) is 360 Å². The smallest absolute Gasteiger partial charge is 0.305 e. The van der Waals surface area contributed by atoms with Crippen LogP contribution < -0.4 is 5.32 Å². The topological polar surface area (TPSA) is 95.9 Å². The van der Waals surface area contributed by atoms with Crippen molar-refractivity contribution in [1.82, 2.24) is 5.32 Å². The number of allylic oxidation sites excluding steroid dienone is 1. The minimum atomic E-state index is -0.842. The number of amides is 1. The molecule has 0 fully saturated rings. The lowest BCUT2D eigenvalue weighted by Gasteiger charge is -2.20. The monoisotopic (exact) mass is 960 g/mol. The van der Waals surface area contributed by atoms with Crippen LogP contribution in [0.25, 0.3) is 0 Å². The first-order chi connectivity index (χ1) is 33.5. The van der Waals surface area contributed by atoms with E-state index in [0.29, 0.717) is 19.4 Å². The van der Waals surface area contributed by atoms with Gasteiger partial charge in [0.25, 0.3) is 0 Å². The van der Waals surface area contributed by atoms with Crippen LogP contribution in [0, 0.1) is 0 Å². The summed E-state index contributed by atoms with van der Waals surface area (Å²) in [6, 6.07) is -0.625. The van der Waals surface area contributed by atoms with Gasteiger partial charge in [-0.2, -0.15) is 0 Å². The fourth-order valence-corrected chi connectivity index (χ4v) is 9.81. The van der Waals surface area contributed by atoms with Crippen LogP contribution in [0.5, 0.6) is 0 Å². The van der Waals surface area contributed by atoms with Crippen LogP contribution >= 0.6 is 0 Å². The molecule has 6 heteroatoms. The summed E-state index contributed by atoms with van der Waals surface area (Å²) < 4.78 is 5.48. The Balaban J connectivity index is 3.36. The Morgan fingerprint density at radius 2 is 0.676 bits per heavy atom. The van der Waals surface area contributed by atoms with E-state index in [4.69, 9.17) is 4.74 Å². The fourth-order valence-electron chi connectivity index (χ4n) is 9.81. The van der Waals surface area contributed by atoms with Gasteiger partial charge in [0.1, 0.15) is 0 Å². The first kappa shape index (κ1) is 66.6. The van der Waals surface area contributed by atoms with Gasteiger partial charge in [-0.05, 0) is 32.1 Å². The molecular weight excluding hydrogens is 839 g/mol. The van der Waals surface area contributed by atoms with Crippen molar-refractivity contribution in [3.05, 3.63) is 12.2 Å². The number of carbonyl (C=O) groups excluding carboxylic acids is 2. The molecular formula is C62H121NO5. The summed E-state index contributed by atoms with van der Waals surface area (Å²) in [7, 11) is 0. The maximum Gasteiger partial charge on any atom is 0.305 e. The molecule has 0 aromatic carbocycles. The molecule has 2 unspecified atom stereocenters. The Morgan fingerprint density at radius 3 is 1.00 bits per heavy atom. The van der Waals surface area contributed by atoms with Gasteiger partial charge >= 0.3 is 5.97 Å². The zero-order chi connectivity index (χ0) is 49.3. The Bertz CT molecular complexity index is 1020. The molecule has 404 valence electrons. The van der Waals surface area contributed by atoms with Gasteiger partial charge in [0.15, 0.2) is 0 Å². The molecule has 1 amide bonds. The molecule has 0 aliphatic rings. The number of aliphatic hydroxyl groups excluding tert-OH is 2. The van der Waals surface area contributed by atoms with Crippen LogP contribution in [0.4, 0.5) is 0 Å². The van der Waals surface area contributed by atoms with Crippen molar-refractivity contribution >= 4 is 11.9 Å². The molecule has 0 rings (SSSR count). The average Bonchev–Trinajstić information content (AvgIpc) is 3.34. The standard InChI is InChI=1S/C62H121NO5/c1-3-5-7-9-11-13-15-17-31-34-38-42-46-50-54-60(65)59(58-64)63-61(66)55-51-47-43-39-35-32-29-27-25-23-21-19-18-20-22-24-26-28-30-33-37-41-45-49-53-57-68-62(67)56-52-48-44-40-36-16-14-12-10-8-6-4-2/h50,54,59-60,64-65H,3-49,51-53,55-58H2,1-2H3,(H,63,66)/b54-50+. The van der Waals surface area contributed by atoms with Crippen molar-refractivity contribution in [1.29, 1.82) is 0 Å². The van der Waals surface area contributed by atoms with E-state index in [1.165, 1.54) is 283 Å². The first-order valence-corrected chi connectivity index (χ1v) is 31.0.